The lowest BCUT2D eigenvalue weighted by Gasteiger charge is -2.19. The fourth-order valence-electron chi connectivity index (χ4n) is 2.81. The number of amides is 2. The fourth-order valence-corrected chi connectivity index (χ4v) is 2.81. The summed E-state index contributed by atoms with van der Waals surface area (Å²) >= 11 is 0. The second kappa shape index (κ2) is 9.40. The molecule has 0 bridgehead atoms. The zero-order chi connectivity index (χ0) is 20.7. The van der Waals surface area contributed by atoms with Crippen LogP contribution in [-0.2, 0) is 21.4 Å². The molecule has 0 aliphatic carbocycles. The summed E-state index contributed by atoms with van der Waals surface area (Å²) in [5.41, 5.74) is 4.10. The molecule has 150 valence electrons. The predicted molar refractivity (Wildman–Crippen MR) is 113 cm³/mol. The van der Waals surface area contributed by atoms with Gasteiger partial charge < -0.3 is 15.4 Å². The first-order valence-corrected chi connectivity index (χ1v) is 9.49. The number of methoxy groups -OCH3 is 1. The van der Waals surface area contributed by atoms with Gasteiger partial charge in [-0.3, -0.25) is 9.59 Å². The van der Waals surface area contributed by atoms with Gasteiger partial charge in [0.15, 0.2) is 0 Å². The van der Waals surface area contributed by atoms with E-state index >= 15 is 0 Å². The highest BCUT2D eigenvalue weighted by Crippen LogP contribution is 2.25. The van der Waals surface area contributed by atoms with Crippen molar-refractivity contribution < 1.29 is 14.3 Å². The molecule has 5 nitrogen and oxygen atoms in total. The van der Waals surface area contributed by atoms with Gasteiger partial charge in [0.1, 0.15) is 5.75 Å². The van der Waals surface area contributed by atoms with Crippen molar-refractivity contribution in [2.24, 2.45) is 0 Å². The van der Waals surface area contributed by atoms with Crippen molar-refractivity contribution >= 4 is 17.5 Å². The van der Waals surface area contributed by atoms with Gasteiger partial charge in [0.05, 0.1) is 19.3 Å². The molecule has 2 aromatic rings. The molecule has 0 spiro atoms. The van der Waals surface area contributed by atoms with Gasteiger partial charge in [0.2, 0.25) is 11.8 Å². The van der Waals surface area contributed by atoms with Crippen molar-refractivity contribution in [3.63, 3.8) is 0 Å². The van der Waals surface area contributed by atoms with Gasteiger partial charge in [-0.25, -0.2) is 0 Å². The number of rotatable bonds is 7. The molecule has 0 heterocycles. The van der Waals surface area contributed by atoms with Crippen LogP contribution in [0.15, 0.2) is 42.5 Å². The van der Waals surface area contributed by atoms with E-state index in [9.17, 15) is 9.59 Å². The molecule has 0 unspecified atom stereocenters. The van der Waals surface area contributed by atoms with E-state index in [2.05, 4.69) is 55.7 Å². The van der Waals surface area contributed by atoms with Crippen molar-refractivity contribution in [3.05, 3.63) is 59.2 Å². The minimum absolute atomic E-state index is 0.0705. The number of ether oxygens (including phenoxy) is 1. The predicted octanol–water partition coefficient (Wildman–Crippen LogP) is 3.99. The van der Waals surface area contributed by atoms with Crippen LogP contribution in [0, 0.1) is 6.92 Å². The lowest BCUT2D eigenvalue weighted by molar-refractivity contribution is -0.124. The summed E-state index contributed by atoms with van der Waals surface area (Å²) < 4.78 is 5.24. The van der Waals surface area contributed by atoms with Crippen LogP contribution in [0.1, 0.15) is 43.9 Å². The SMILES string of the molecule is COc1ccc(C)cc1NC(=O)CNC(=O)CCc1ccc(C(C)(C)C)cc1. The Kier molecular flexibility index (Phi) is 7.21. The van der Waals surface area contributed by atoms with Crippen molar-refractivity contribution in [1.82, 2.24) is 5.32 Å². The van der Waals surface area contributed by atoms with Gasteiger partial charge in [-0.2, -0.15) is 0 Å². The Morgan fingerprint density at radius 3 is 2.29 bits per heavy atom. The van der Waals surface area contributed by atoms with Crippen LogP contribution in [0.2, 0.25) is 0 Å². The maximum absolute atomic E-state index is 12.1. The van der Waals surface area contributed by atoms with Crippen LogP contribution < -0.4 is 15.4 Å². The number of carbonyl (C=O) groups is 2. The number of nitrogens with one attached hydrogen (secondary N) is 2. The third-order valence-corrected chi connectivity index (χ3v) is 4.54. The molecule has 28 heavy (non-hydrogen) atoms. The summed E-state index contributed by atoms with van der Waals surface area (Å²) in [4.78, 5) is 24.2. The minimum atomic E-state index is -0.285. The fraction of sp³-hybridized carbons (Fsp3) is 0.391. The lowest BCUT2D eigenvalue weighted by atomic mass is 9.86. The molecular weight excluding hydrogens is 352 g/mol. The largest absolute Gasteiger partial charge is 0.495 e. The van der Waals surface area contributed by atoms with E-state index in [4.69, 9.17) is 4.74 Å². The number of hydrogen-bond donors (Lipinski definition) is 2. The number of anilines is 1. The molecule has 0 aliphatic rings. The van der Waals surface area contributed by atoms with Crippen LogP contribution in [0.4, 0.5) is 5.69 Å². The van der Waals surface area contributed by atoms with E-state index < -0.39 is 0 Å². The summed E-state index contributed by atoms with van der Waals surface area (Å²) in [5, 5.41) is 5.44. The number of benzene rings is 2. The average Bonchev–Trinajstić information content (AvgIpc) is 2.64. The molecule has 2 rings (SSSR count). The van der Waals surface area contributed by atoms with Crippen molar-refractivity contribution in [2.75, 3.05) is 19.0 Å². The number of hydrogen-bond acceptors (Lipinski definition) is 3. The topological polar surface area (TPSA) is 67.4 Å². The first-order chi connectivity index (χ1) is 13.2. The van der Waals surface area contributed by atoms with Gasteiger partial charge in [0.25, 0.3) is 0 Å². The zero-order valence-electron chi connectivity index (χ0n) is 17.4. The van der Waals surface area contributed by atoms with Crippen LogP contribution in [-0.4, -0.2) is 25.5 Å². The van der Waals surface area contributed by atoms with Crippen molar-refractivity contribution in [3.8, 4) is 5.75 Å². The monoisotopic (exact) mass is 382 g/mol. The van der Waals surface area contributed by atoms with Gasteiger partial charge >= 0.3 is 0 Å². The Labute approximate surface area is 167 Å². The average molecular weight is 383 g/mol. The molecule has 2 N–H and O–H groups in total. The van der Waals surface area contributed by atoms with Crippen LogP contribution in [0.5, 0.6) is 5.75 Å². The lowest BCUT2D eigenvalue weighted by Crippen LogP contribution is -2.33. The highest BCUT2D eigenvalue weighted by Gasteiger charge is 2.13. The van der Waals surface area contributed by atoms with E-state index in [0.29, 0.717) is 24.3 Å². The molecule has 0 fully saturated rings. The Bertz CT molecular complexity index is 821. The molecule has 0 atom stereocenters. The summed E-state index contributed by atoms with van der Waals surface area (Å²) in [6.07, 6.45) is 0.986. The van der Waals surface area contributed by atoms with E-state index in [1.54, 1.807) is 13.2 Å². The molecule has 0 saturated carbocycles. The summed E-state index contributed by atoms with van der Waals surface area (Å²) in [6, 6.07) is 13.9. The first kappa shape index (κ1) is 21.5. The van der Waals surface area contributed by atoms with E-state index in [0.717, 1.165) is 11.1 Å². The van der Waals surface area contributed by atoms with Crippen LogP contribution in [0.25, 0.3) is 0 Å². The smallest absolute Gasteiger partial charge is 0.243 e. The molecular formula is C23H30N2O3. The Morgan fingerprint density at radius 2 is 1.68 bits per heavy atom. The third-order valence-electron chi connectivity index (χ3n) is 4.54. The normalized spacial score (nSPS) is 11.0. The quantitative estimate of drug-likeness (QED) is 0.761. The molecule has 2 aromatic carbocycles. The van der Waals surface area contributed by atoms with Crippen molar-refractivity contribution in [1.29, 1.82) is 0 Å². The molecule has 0 aliphatic heterocycles. The summed E-state index contributed by atoms with van der Waals surface area (Å²) in [5.74, 6) is 0.155. The van der Waals surface area contributed by atoms with Crippen molar-refractivity contribution in [2.45, 2.75) is 46.0 Å². The maximum Gasteiger partial charge on any atom is 0.243 e. The minimum Gasteiger partial charge on any atom is -0.495 e. The Morgan fingerprint density at radius 1 is 1.00 bits per heavy atom. The van der Waals surface area contributed by atoms with E-state index in [1.165, 1.54) is 5.56 Å². The zero-order valence-corrected chi connectivity index (χ0v) is 17.4. The van der Waals surface area contributed by atoms with Crippen LogP contribution in [0.3, 0.4) is 0 Å². The highest BCUT2D eigenvalue weighted by atomic mass is 16.5. The Balaban J connectivity index is 1.79. The van der Waals surface area contributed by atoms with Gasteiger partial charge in [-0.15, -0.1) is 0 Å². The molecule has 0 saturated heterocycles. The second-order valence-electron chi connectivity index (χ2n) is 7.98. The van der Waals surface area contributed by atoms with Gasteiger partial charge in [-0.1, -0.05) is 51.1 Å². The third kappa shape index (κ3) is 6.41. The first-order valence-electron chi connectivity index (χ1n) is 9.49. The second-order valence-corrected chi connectivity index (χ2v) is 7.98. The summed E-state index contributed by atoms with van der Waals surface area (Å²) in [7, 11) is 1.55. The van der Waals surface area contributed by atoms with E-state index in [-0.39, 0.29) is 23.8 Å². The Hall–Kier alpha value is -2.82. The van der Waals surface area contributed by atoms with E-state index in [1.807, 2.05) is 19.1 Å². The summed E-state index contributed by atoms with van der Waals surface area (Å²) in [6.45, 7) is 8.39. The van der Waals surface area contributed by atoms with Gasteiger partial charge in [0, 0.05) is 6.42 Å². The maximum atomic E-state index is 12.1. The van der Waals surface area contributed by atoms with Gasteiger partial charge in [-0.05, 0) is 47.6 Å². The molecule has 5 heteroatoms. The van der Waals surface area contributed by atoms with Crippen LogP contribution >= 0.6 is 0 Å². The number of carbonyl (C=O) groups excluding carboxylic acids is 2. The standard InChI is InChI=1S/C23H30N2O3/c1-16-6-12-20(28-5)19(14-16)25-22(27)15-24-21(26)13-9-17-7-10-18(11-8-17)23(2,3)4/h6-8,10-12,14H,9,13,15H2,1-5H3,(H,24,26)(H,25,27). The molecule has 0 aromatic heterocycles. The highest BCUT2D eigenvalue weighted by molar-refractivity contribution is 5.95. The molecule has 0 radical (unpaired) electrons. The molecule has 2 amide bonds. The number of aryl methyl sites for hydroxylation is 2.